The molecule has 0 saturated heterocycles. The number of rotatable bonds is 8. The lowest BCUT2D eigenvalue weighted by atomic mass is 9.87. The summed E-state index contributed by atoms with van der Waals surface area (Å²) in [4.78, 5) is 4.59. The van der Waals surface area contributed by atoms with E-state index in [2.05, 4.69) is 63.1 Å². The van der Waals surface area contributed by atoms with E-state index < -0.39 is 0 Å². The minimum Gasteiger partial charge on any atom is -0.508 e. The van der Waals surface area contributed by atoms with Gasteiger partial charge in [-0.05, 0) is 122 Å². The van der Waals surface area contributed by atoms with Gasteiger partial charge < -0.3 is 10.4 Å². The third-order valence-corrected chi connectivity index (χ3v) is 6.90. The van der Waals surface area contributed by atoms with Crippen LogP contribution in [0.2, 0.25) is 0 Å². The largest absolute Gasteiger partial charge is 0.508 e. The fraction of sp³-hybridized carbons (Fsp3) is 0.242. The van der Waals surface area contributed by atoms with Crippen LogP contribution in [0.15, 0.2) is 78.5 Å². The molecule has 4 rings (SSSR count). The molecule has 0 radical (unpaired) electrons. The van der Waals surface area contributed by atoms with Crippen LogP contribution >= 0.6 is 0 Å². The Morgan fingerprint density at radius 2 is 1.70 bits per heavy atom. The normalized spacial score (nSPS) is 10.9. The van der Waals surface area contributed by atoms with Gasteiger partial charge in [0.05, 0.1) is 0 Å². The van der Waals surface area contributed by atoms with Crippen LogP contribution in [0.25, 0.3) is 22.3 Å². The van der Waals surface area contributed by atoms with Crippen LogP contribution in [-0.2, 0) is 12.8 Å². The zero-order chi connectivity index (χ0) is 26.5. The van der Waals surface area contributed by atoms with Gasteiger partial charge in [-0.1, -0.05) is 42.0 Å². The highest BCUT2D eigenvalue weighted by atomic mass is 19.1. The van der Waals surface area contributed by atoms with Gasteiger partial charge in [-0.15, -0.1) is 0 Å². The van der Waals surface area contributed by atoms with Gasteiger partial charge in [-0.2, -0.15) is 0 Å². The minimum absolute atomic E-state index is 0.196. The summed E-state index contributed by atoms with van der Waals surface area (Å²) in [7, 11) is 0. The maximum Gasteiger partial charge on any atom is 0.127 e. The Morgan fingerprint density at radius 1 is 0.919 bits per heavy atom. The van der Waals surface area contributed by atoms with Crippen molar-refractivity contribution in [1.29, 1.82) is 0 Å². The fourth-order valence-electron chi connectivity index (χ4n) is 4.74. The summed E-state index contributed by atoms with van der Waals surface area (Å²) in [6, 6.07) is 19.0. The topological polar surface area (TPSA) is 45.1 Å². The number of nitrogens with zero attached hydrogens (tertiary/aromatic N) is 1. The lowest BCUT2D eigenvalue weighted by Crippen LogP contribution is -2.01. The minimum atomic E-state index is -0.196. The predicted octanol–water partition coefficient (Wildman–Crippen LogP) is 8.35. The van der Waals surface area contributed by atoms with E-state index >= 15 is 4.39 Å². The summed E-state index contributed by atoms with van der Waals surface area (Å²) in [6.07, 6.45) is 5.30. The molecule has 3 aromatic carbocycles. The molecule has 0 aliphatic heterocycles. The molecule has 0 fully saturated rings. The van der Waals surface area contributed by atoms with Gasteiger partial charge in [-0.3, -0.25) is 0 Å². The van der Waals surface area contributed by atoms with Gasteiger partial charge in [0.25, 0.3) is 0 Å². The highest BCUT2D eigenvalue weighted by molar-refractivity contribution is 5.80. The van der Waals surface area contributed by atoms with Gasteiger partial charge in [0.1, 0.15) is 17.4 Å². The second-order valence-corrected chi connectivity index (χ2v) is 9.94. The molecule has 0 aliphatic rings. The van der Waals surface area contributed by atoms with Crippen LogP contribution < -0.4 is 5.32 Å². The number of aromatic hydroxyl groups is 1. The average Bonchev–Trinajstić information content (AvgIpc) is 2.86. The second-order valence-electron chi connectivity index (χ2n) is 9.94. The van der Waals surface area contributed by atoms with Crippen LogP contribution in [0.5, 0.6) is 5.75 Å². The standard InChI is InChI=1S/C33H35FN2O/c1-21(2)15-16-35-32-14-13-28(20-36-32)30-17-22(3)33(24(5)23(30)4)27-12-11-26(31(34)19-27)10-9-25-7-6-8-29(37)18-25/h6-8,11-15,17-20,37H,9-10,16H2,1-5H3,(H,35,36). The first kappa shape index (κ1) is 26.2. The maximum absolute atomic E-state index is 15.1. The Kier molecular flexibility index (Phi) is 8.08. The average molecular weight is 495 g/mol. The van der Waals surface area contributed by atoms with Crippen molar-refractivity contribution in [3.8, 4) is 28.0 Å². The number of halogens is 1. The van der Waals surface area contributed by atoms with Gasteiger partial charge in [-0.25, -0.2) is 9.37 Å². The van der Waals surface area contributed by atoms with Gasteiger partial charge >= 0.3 is 0 Å². The van der Waals surface area contributed by atoms with E-state index in [0.29, 0.717) is 18.4 Å². The Bertz CT molecular complexity index is 1430. The van der Waals surface area contributed by atoms with Crippen molar-refractivity contribution in [3.63, 3.8) is 0 Å². The number of pyridine rings is 1. The molecule has 0 aliphatic carbocycles. The number of aromatic nitrogens is 1. The Balaban J connectivity index is 1.56. The monoisotopic (exact) mass is 494 g/mol. The van der Waals surface area contributed by atoms with E-state index in [1.54, 1.807) is 18.2 Å². The Morgan fingerprint density at radius 3 is 2.38 bits per heavy atom. The smallest absolute Gasteiger partial charge is 0.127 e. The van der Waals surface area contributed by atoms with Crippen LogP contribution in [0.1, 0.15) is 41.7 Å². The predicted molar refractivity (Wildman–Crippen MR) is 153 cm³/mol. The summed E-state index contributed by atoms with van der Waals surface area (Å²) in [5.74, 6) is 0.892. The molecule has 0 amide bonds. The molecular formula is C33H35FN2O. The van der Waals surface area contributed by atoms with Crippen molar-refractivity contribution >= 4 is 5.82 Å². The van der Waals surface area contributed by atoms with Crippen LogP contribution in [-0.4, -0.2) is 16.6 Å². The lowest BCUT2D eigenvalue weighted by Gasteiger charge is -2.18. The molecule has 0 spiro atoms. The van der Waals surface area contributed by atoms with E-state index in [1.807, 2.05) is 36.5 Å². The third kappa shape index (κ3) is 6.26. The molecule has 4 heteroatoms. The van der Waals surface area contributed by atoms with Crippen molar-refractivity contribution in [2.75, 3.05) is 11.9 Å². The Labute approximate surface area is 219 Å². The number of aryl methyl sites for hydroxylation is 3. The number of benzene rings is 3. The summed E-state index contributed by atoms with van der Waals surface area (Å²) in [5.41, 5.74) is 10.5. The summed E-state index contributed by atoms with van der Waals surface area (Å²) in [5, 5.41) is 13.0. The SMILES string of the molecule is CC(C)=CCNc1ccc(-c2cc(C)c(-c3ccc(CCc4cccc(O)c4)c(F)c3)c(C)c2C)cn1. The fourth-order valence-corrected chi connectivity index (χ4v) is 4.74. The maximum atomic E-state index is 15.1. The molecule has 37 heavy (non-hydrogen) atoms. The molecule has 0 saturated carbocycles. The number of nitrogens with one attached hydrogen (secondary N) is 1. The van der Waals surface area contributed by atoms with Crippen LogP contribution in [0, 0.1) is 26.6 Å². The van der Waals surface area contributed by atoms with E-state index in [1.165, 1.54) is 11.1 Å². The summed E-state index contributed by atoms with van der Waals surface area (Å²) >= 11 is 0. The van der Waals surface area contributed by atoms with Crippen molar-refractivity contribution in [2.45, 2.75) is 47.5 Å². The number of phenols is 1. The number of hydrogen-bond donors (Lipinski definition) is 2. The zero-order valence-corrected chi connectivity index (χ0v) is 22.3. The molecule has 1 aromatic heterocycles. The van der Waals surface area contributed by atoms with E-state index in [-0.39, 0.29) is 11.6 Å². The molecule has 0 atom stereocenters. The first-order chi connectivity index (χ1) is 17.7. The van der Waals surface area contributed by atoms with Crippen molar-refractivity contribution in [1.82, 2.24) is 4.98 Å². The Hall–Kier alpha value is -3.92. The molecule has 190 valence electrons. The van der Waals surface area contributed by atoms with Gasteiger partial charge in [0, 0.05) is 18.3 Å². The molecule has 0 unspecified atom stereocenters. The number of hydrogen-bond acceptors (Lipinski definition) is 3. The second kappa shape index (κ2) is 11.4. The number of anilines is 1. The highest BCUT2D eigenvalue weighted by Crippen LogP contribution is 2.36. The van der Waals surface area contributed by atoms with Crippen LogP contribution in [0.3, 0.4) is 0 Å². The first-order valence-electron chi connectivity index (χ1n) is 12.7. The van der Waals surface area contributed by atoms with E-state index in [0.717, 1.165) is 51.3 Å². The summed E-state index contributed by atoms with van der Waals surface area (Å²) < 4.78 is 15.1. The lowest BCUT2D eigenvalue weighted by molar-refractivity contribution is 0.474. The van der Waals surface area contributed by atoms with Crippen LogP contribution in [0.4, 0.5) is 10.2 Å². The molecule has 1 heterocycles. The van der Waals surface area contributed by atoms with Crippen molar-refractivity contribution < 1.29 is 9.50 Å². The van der Waals surface area contributed by atoms with Crippen molar-refractivity contribution in [2.24, 2.45) is 0 Å². The van der Waals surface area contributed by atoms with Crippen molar-refractivity contribution in [3.05, 3.63) is 112 Å². The molecular weight excluding hydrogens is 459 g/mol. The van der Waals surface area contributed by atoms with Gasteiger partial charge in [0.2, 0.25) is 0 Å². The molecule has 3 nitrogen and oxygen atoms in total. The molecule has 4 aromatic rings. The third-order valence-electron chi connectivity index (χ3n) is 6.90. The van der Waals surface area contributed by atoms with E-state index in [9.17, 15) is 5.11 Å². The number of allylic oxidation sites excluding steroid dienone is 1. The molecule has 0 bridgehead atoms. The zero-order valence-electron chi connectivity index (χ0n) is 22.3. The highest BCUT2D eigenvalue weighted by Gasteiger charge is 2.15. The number of phenolic OH excluding ortho intramolecular Hbond substituents is 1. The quantitative estimate of drug-likeness (QED) is 0.242. The molecule has 2 N–H and O–H groups in total. The summed E-state index contributed by atoms with van der Waals surface area (Å²) in [6.45, 7) is 11.2. The van der Waals surface area contributed by atoms with Gasteiger partial charge in [0.15, 0.2) is 0 Å². The van der Waals surface area contributed by atoms with E-state index in [4.69, 9.17) is 0 Å². The first-order valence-corrected chi connectivity index (χ1v) is 12.7.